The third-order valence-electron chi connectivity index (χ3n) is 4.61. The van der Waals surface area contributed by atoms with Crippen LogP contribution >= 0.6 is 0 Å². The lowest BCUT2D eigenvalue weighted by Crippen LogP contribution is -2.47. The molecule has 1 aliphatic rings. The van der Waals surface area contributed by atoms with Crippen molar-refractivity contribution >= 4 is 5.97 Å². The molecule has 24 heavy (non-hydrogen) atoms. The summed E-state index contributed by atoms with van der Waals surface area (Å²) >= 11 is 0. The van der Waals surface area contributed by atoms with E-state index in [1.165, 1.54) is 11.1 Å². The van der Waals surface area contributed by atoms with Crippen molar-refractivity contribution in [1.82, 2.24) is 4.98 Å². The van der Waals surface area contributed by atoms with Gasteiger partial charge in [-0.1, -0.05) is 38.1 Å². The lowest BCUT2D eigenvalue weighted by Gasteiger charge is -2.33. The summed E-state index contributed by atoms with van der Waals surface area (Å²) in [6, 6.07) is 12.5. The number of rotatable bonds is 6. The fraction of sp³-hybridized carbons (Fsp3) is 0.400. The molecule has 1 aliphatic heterocycles. The number of ether oxygens (including phenoxy) is 1. The first-order valence-electron chi connectivity index (χ1n) is 8.45. The summed E-state index contributed by atoms with van der Waals surface area (Å²) in [5.74, 6) is -0.160. The van der Waals surface area contributed by atoms with Crippen molar-refractivity contribution in [3.63, 3.8) is 0 Å². The number of pyridine rings is 1. The predicted molar refractivity (Wildman–Crippen MR) is 92.5 cm³/mol. The minimum absolute atomic E-state index is 0.129. The van der Waals surface area contributed by atoms with Crippen LogP contribution in [0.15, 0.2) is 42.6 Å². The van der Waals surface area contributed by atoms with Crippen molar-refractivity contribution in [2.45, 2.75) is 38.7 Å². The Balaban J connectivity index is 1.67. The van der Waals surface area contributed by atoms with E-state index in [-0.39, 0.29) is 24.6 Å². The summed E-state index contributed by atoms with van der Waals surface area (Å²) in [6.45, 7) is 4.18. The van der Waals surface area contributed by atoms with Crippen LogP contribution in [0.5, 0.6) is 0 Å². The molecular formula is C20H23NO3. The van der Waals surface area contributed by atoms with Crippen molar-refractivity contribution in [2.75, 3.05) is 6.61 Å². The van der Waals surface area contributed by atoms with Gasteiger partial charge in [-0.15, -0.1) is 0 Å². The Labute approximate surface area is 142 Å². The fourth-order valence-electron chi connectivity index (χ4n) is 2.96. The molecular weight excluding hydrogens is 302 g/mol. The highest BCUT2D eigenvalue weighted by molar-refractivity contribution is 5.78. The Kier molecular flexibility index (Phi) is 4.95. The van der Waals surface area contributed by atoms with E-state index in [4.69, 9.17) is 9.84 Å². The van der Waals surface area contributed by atoms with Crippen LogP contribution in [0.4, 0.5) is 0 Å². The second kappa shape index (κ2) is 7.14. The third-order valence-corrected chi connectivity index (χ3v) is 4.61. The van der Waals surface area contributed by atoms with E-state index in [9.17, 15) is 4.79 Å². The van der Waals surface area contributed by atoms with Crippen LogP contribution in [0.2, 0.25) is 0 Å². The topological polar surface area (TPSA) is 59.4 Å². The van der Waals surface area contributed by atoms with Gasteiger partial charge in [-0.3, -0.25) is 9.78 Å². The van der Waals surface area contributed by atoms with Gasteiger partial charge in [-0.05, 0) is 42.0 Å². The molecule has 3 rings (SSSR count). The first-order chi connectivity index (χ1) is 11.6. The van der Waals surface area contributed by atoms with Crippen LogP contribution in [0.3, 0.4) is 0 Å². The molecule has 0 aliphatic carbocycles. The van der Waals surface area contributed by atoms with E-state index >= 15 is 0 Å². The number of benzene rings is 1. The lowest BCUT2D eigenvalue weighted by atomic mass is 9.92. The number of cyclic esters (lactones) is 1. The maximum Gasteiger partial charge on any atom is 0.315 e. The van der Waals surface area contributed by atoms with Crippen LogP contribution < -0.4 is 0 Å². The van der Waals surface area contributed by atoms with E-state index in [0.717, 1.165) is 24.1 Å². The quantitative estimate of drug-likeness (QED) is 0.828. The molecule has 126 valence electrons. The number of aryl methyl sites for hydroxylation is 1. The molecule has 1 saturated heterocycles. The fourth-order valence-corrected chi connectivity index (χ4v) is 2.96. The van der Waals surface area contributed by atoms with E-state index in [2.05, 4.69) is 49.2 Å². The highest BCUT2D eigenvalue weighted by atomic mass is 16.6. The number of aromatic nitrogens is 1. The minimum Gasteiger partial charge on any atom is -0.461 e. The molecule has 1 fully saturated rings. The number of aliphatic hydroxyl groups excluding tert-OH is 1. The molecule has 0 spiro atoms. The monoisotopic (exact) mass is 325 g/mol. The Morgan fingerprint density at radius 2 is 2.08 bits per heavy atom. The molecule has 0 unspecified atom stereocenters. The number of carbonyl (C=O) groups is 1. The van der Waals surface area contributed by atoms with E-state index < -0.39 is 0 Å². The molecule has 1 aromatic heterocycles. The number of aliphatic hydroxyl groups is 1. The van der Waals surface area contributed by atoms with Crippen LogP contribution in [0, 0.1) is 5.92 Å². The Bertz CT molecular complexity index is 709. The molecule has 0 bridgehead atoms. The van der Waals surface area contributed by atoms with Gasteiger partial charge in [-0.25, -0.2) is 0 Å². The van der Waals surface area contributed by atoms with E-state index in [0.29, 0.717) is 5.92 Å². The van der Waals surface area contributed by atoms with Crippen molar-refractivity contribution < 1.29 is 14.6 Å². The smallest absolute Gasteiger partial charge is 0.315 e. The number of hydrogen-bond donors (Lipinski definition) is 1. The second-order valence-corrected chi connectivity index (χ2v) is 6.63. The normalized spacial score (nSPS) is 19.9. The number of nitrogens with zero attached hydrogens (tertiary/aromatic N) is 1. The lowest BCUT2D eigenvalue weighted by molar-refractivity contribution is -0.188. The summed E-state index contributed by atoms with van der Waals surface area (Å²) < 4.78 is 5.10. The molecule has 4 nitrogen and oxygen atoms in total. The van der Waals surface area contributed by atoms with Crippen LogP contribution in [0.25, 0.3) is 11.3 Å². The standard InChI is InChI=1S/C20H23NO3/c1-13(2)16-7-8-18(21-11-16)15-5-3-4-14(10-15)6-9-19-17(12-22)20(23)24-19/h3-5,7-8,10-11,13,17,19,22H,6,9,12H2,1-2H3/t17-,19-/m1/s1. The average molecular weight is 325 g/mol. The Morgan fingerprint density at radius 3 is 2.71 bits per heavy atom. The molecule has 1 N–H and O–H groups in total. The maximum atomic E-state index is 11.2. The van der Waals surface area contributed by atoms with Gasteiger partial charge >= 0.3 is 5.97 Å². The van der Waals surface area contributed by atoms with Gasteiger partial charge in [-0.2, -0.15) is 0 Å². The van der Waals surface area contributed by atoms with E-state index in [1.54, 1.807) is 0 Å². The van der Waals surface area contributed by atoms with Gasteiger partial charge in [0.25, 0.3) is 0 Å². The Hall–Kier alpha value is -2.20. The molecule has 2 atom stereocenters. The molecule has 0 saturated carbocycles. The zero-order valence-electron chi connectivity index (χ0n) is 14.1. The molecule has 2 heterocycles. The van der Waals surface area contributed by atoms with Crippen molar-refractivity contribution in [3.8, 4) is 11.3 Å². The van der Waals surface area contributed by atoms with Gasteiger partial charge in [0.05, 0.1) is 12.3 Å². The largest absolute Gasteiger partial charge is 0.461 e. The summed E-state index contributed by atoms with van der Waals surface area (Å²) in [5, 5.41) is 9.17. The van der Waals surface area contributed by atoms with Crippen LogP contribution in [-0.4, -0.2) is 28.8 Å². The van der Waals surface area contributed by atoms with Gasteiger partial charge in [0.1, 0.15) is 12.0 Å². The van der Waals surface area contributed by atoms with Crippen LogP contribution in [0.1, 0.15) is 37.3 Å². The first-order valence-corrected chi connectivity index (χ1v) is 8.45. The van der Waals surface area contributed by atoms with Crippen molar-refractivity contribution in [1.29, 1.82) is 0 Å². The van der Waals surface area contributed by atoms with Crippen molar-refractivity contribution in [2.24, 2.45) is 5.92 Å². The molecule has 0 amide bonds. The van der Waals surface area contributed by atoms with E-state index in [1.807, 2.05) is 12.3 Å². The highest BCUT2D eigenvalue weighted by Gasteiger charge is 2.41. The SMILES string of the molecule is CC(C)c1ccc(-c2cccc(CC[C@H]3OC(=O)[C@@H]3CO)c2)nc1. The predicted octanol–water partition coefficient (Wildman–Crippen LogP) is 3.34. The van der Waals surface area contributed by atoms with Gasteiger partial charge < -0.3 is 9.84 Å². The maximum absolute atomic E-state index is 11.2. The average Bonchev–Trinajstić information content (AvgIpc) is 2.59. The first kappa shape index (κ1) is 16.7. The summed E-state index contributed by atoms with van der Waals surface area (Å²) in [6.07, 6.45) is 3.33. The zero-order valence-corrected chi connectivity index (χ0v) is 14.1. The Morgan fingerprint density at radius 1 is 1.25 bits per heavy atom. The number of hydrogen-bond acceptors (Lipinski definition) is 4. The molecule has 4 heteroatoms. The second-order valence-electron chi connectivity index (χ2n) is 6.63. The number of carbonyl (C=O) groups excluding carboxylic acids is 1. The van der Waals surface area contributed by atoms with Gasteiger partial charge in [0.2, 0.25) is 0 Å². The number of esters is 1. The highest BCUT2D eigenvalue weighted by Crippen LogP contribution is 2.27. The summed E-state index contributed by atoms with van der Waals surface area (Å²) in [5.41, 5.74) is 4.47. The zero-order chi connectivity index (χ0) is 17.1. The summed E-state index contributed by atoms with van der Waals surface area (Å²) in [4.78, 5) is 15.8. The molecule has 2 aromatic rings. The third kappa shape index (κ3) is 3.49. The van der Waals surface area contributed by atoms with Crippen LogP contribution in [-0.2, 0) is 16.0 Å². The van der Waals surface area contributed by atoms with Gasteiger partial charge in [0, 0.05) is 11.8 Å². The molecule has 0 radical (unpaired) electrons. The molecule has 1 aromatic carbocycles. The summed E-state index contributed by atoms with van der Waals surface area (Å²) in [7, 11) is 0. The minimum atomic E-state index is -0.349. The van der Waals surface area contributed by atoms with Gasteiger partial charge in [0.15, 0.2) is 0 Å². The van der Waals surface area contributed by atoms with Crippen molar-refractivity contribution in [3.05, 3.63) is 53.7 Å².